The summed E-state index contributed by atoms with van der Waals surface area (Å²) in [5.41, 5.74) is 3.52. The van der Waals surface area contributed by atoms with E-state index < -0.39 is 0 Å². The molecule has 2 atom stereocenters. The number of imidazole rings is 1. The zero-order valence-electron chi connectivity index (χ0n) is 14.6. The molecule has 1 fully saturated rings. The Morgan fingerprint density at radius 3 is 2.74 bits per heavy atom. The molecule has 126 valence electrons. The van der Waals surface area contributed by atoms with Crippen LogP contribution in [-0.4, -0.2) is 46.1 Å². The van der Waals surface area contributed by atoms with Crippen LogP contribution >= 0.6 is 0 Å². The second-order valence-corrected chi connectivity index (χ2v) is 6.38. The van der Waals surface area contributed by atoms with Gasteiger partial charge in [-0.3, -0.25) is 4.68 Å². The van der Waals surface area contributed by atoms with Crippen molar-refractivity contribution in [2.75, 3.05) is 25.6 Å². The first kappa shape index (κ1) is 16.0. The maximum atomic E-state index is 5.96. The highest BCUT2D eigenvalue weighted by molar-refractivity contribution is 5.31. The van der Waals surface area contributed by atoms with E-state index in [2.05, 4.69) is 26.9 Å². The minimum Gasteiger partial charge on any atom is -0.372 e. The zero-order valence-corrected chi connectivity index (χ0v) is 14.6. The SMILES string of the molecule is Cc1c([C@H]2OCC[C@@H]2NCc2cnc(N(C)C)n2C)cnn1C. The Labute approximate surface area is 137 Å². The first-order valence-corrected chi connectivity index (χ1v) is 8.00. The molecule has 2 aromatic heterocycles. The summed E-state index contributed by atoms with van der Waals surface area (Å²) in [6.07, 6.45) is 4.94. The van der Waals surface area contributed by atoms with Gasteiger partial charge in [-0.05, 0) is 13.3 Å². The number of aryl methyl sites for hydroxylation is 1. The predicted octanol–water partition coefficient (Wildman–Crippen LogP) is 1.15. The molecule has 23 heavy (non-hydrogen) atoms. The fourth-order valence-corrected chi connectivity index (χ4v) is 3.15. The van der Waals surface area contributed by atoms with Gasteiger partial charge in [-0.25, -0.2) is 4.98 Å². The minimum atomic E-state index is 0.0743. The number of rotatable bonds is 5. The third-order valence-electron chi connectivity index (χ3n) is 4.68. The van der Waals surface area contributed by atoms with Gasteiger partial charge >= 0.3 is 0 Å². The number of aromatic nitrogens is 4. The van der Waals surface area contributed by atoms with Crippen LogP contribution in [0.2, 0.25) is 0 Å². The maximum absolute atomic E-state index is 5.96. The molecule has 1 aliphatic rings. The molecule has 7 heteroatoms. The van der Waals surface area contributed by atoms with Gasteiger partial charge in [0.2, 0.25) is 5.95 Å². The van der Waals surface area contributed by atoms with Gasteiger partial charge in [0.15, 0.2) is 0 Å². The molecule has 0 radical (unpaired) electrons. The molecule has 3 heterocycles. The number of nitrogens with one attached hydrogen (secondary N) is 1. The van der Waals surface area contributed by atoms with E-state index in [4.69, 9.17) is 4.74 Å². The molecular weight excluding hydrogens is 292 g/mol. The van der Waals surface area contributed by atoms with Gasteiger partial charge < -0.3 is 19.5 Å². The van der Waals surface area contributed by atoms with Crippen LogP contribution in [0, 0.1) is 6.92 Å². The molecule has 1 saturated heterocycles. The number of hydrogen-bond acceptors (Lipinski definition) is 5. The van der Waals surface area contributed by atoms with E-state index >= 15 is 0 Å². The van der Waals surface area contributed by atoms with Crippen molar-refractivity contribution >= 4 is 5.95 Å². The van der Waals surface area contributed by atoms with E-state index in [0.29, 0.717) is 6.04 Å². The van der Waals surface area contributed by atoms with Gasteiger partial charge in [-0.1, -0.05) is 0 Å². The lowest BCUT2D eigenvalue weighted by Crippen LogP contribution is -2.32. The molecule has 0 amide bonds. The smallest absolute Gasteiger partial charge is 0.204 e. The predicted molar refractivity (Wildman–Crippen MR) is 89.4 cm³/mol. The Balaban J connectivity index is 1.69. The van der Waals surface area contributed by atoms with E-state index in [9.17, 15) is 0 Å². The summed E-state index contributed by atoms with van der Waals surface area (Å²) in [7, 11) is 8.03. The van der Waals surface area contributed by atoms with Crippen molar-refractivity contribution in [3.8, 4) is 0 Å². The van der Waals surface area contributed by atoms with Crippen LogP contribution in [0.5, 0.6) is 0 Å². The Kier molecular flexibility index (Phi) is 4.41. The molecule has 3 rings (SSSR count). The molecule has 0 aromatic carbocycles. The molecule has 1 aliphatic heterocycles. The van der Waals surface area contributed by atoms with E-state index in [1.54, 1.807) is 0 Å². The van der Waals surface area contributed by atoms with Crippen LogP contribution in [0.15, 0.2) is 12.4 Å². The fourth-order valence-electron chi connectivity index (χ4n) is 3.15. The number of hydrogen-bond donors (Lipinski definition) is 1. The molecule has 7 nitrogen and oxygen atoms in total. The zero-order chi connectivity index (χ0) is 16.6. The molecule has 0 aliphatic carbocycles. The summed E-state index contributed by atoms with van der Waals surface area (Å²) in [6, 6.07) is 0.301. The average molecular weight is 318 g/mol. The van der Waals surface area contributed by atoms with E-state index in [1.165, 1.54) is 17.0 Å². The Hall–Kier alpha value is -1.86. The lowest BCUT2D eigenvalue weighted by molar-refractivity contribution is 0.0978. The summed E-state index contributed by atoms with van der Waals surface area (Å²) < 4.78 is 9.98. The van der Waals surface area contributed by atoms with Gasteiger partial charge in [0.1, 0.15) is 6.10 Å². The summed E-state index contributed by atoms with van der Waals surface area (Å²) >= 11 is 0. The van der Waals surface area contributed by atoms with E-state index in [1.807, 2.05) is 50.2 Å². The summed E-state index contributed by atoms with van der Waals surface area (Å²) in [6.45, 7) is 3.65. The average Bonchev–Trinajstić information content (AvgIpc) is 3.18. The lowest BCUT2D eigenvalue weighted by Gasteiger charge is -2.20. The third-order valence-corrected chi connectivity index (χ3v) is 4.68. The maximum Gasteiger partial charge on any atom is 0.204 e. The summed E-state index contributed by atoms with van der Waals surface area (Å²) in [5.74, 6) is 0.962. The second-order valence-electron chi connectivity index (χ2n) is 6.38. The van der Waals surface area contributed by atoms with Crippen molar-refractivity contribution in [3.63, 3.8) is 0 Å². The Bertz CT molecular complexity index is 674. The lowest BCUT2D eigenvalue weighted by atomic mass is 10.0. The van der Waals surface area contributed by atoms with E-state index in [-0.39, 0.29) is 6.10 Å². The highest BCUT2D eigenvalue weighted by atomic mass is 16.5. The molecule has 1 N–H and O–H groups in total. The van der Waals surface area contributed by atoms with Crippen molar-refractivity contribution in [2.24, 2.45) is 14.1 Å². The topological polar surface area (TPSA) is 60.1 Å². The molecule has 0 spiro atoms. The summed E-state index contributed by atoms with van der Waals surface area (Å²) in [4.78, 5) is 6.48. The molecule has 0 saturated carbocycles. The van der Waals surface area contributed by atoms with Crippen LogP contribution in [-0.2, 0) is 25.4 Å². The number of ether oxygens (including phenoxy) is 1. The van der Waals surface area contributed by atoms with Gasteiger partial charge in [0.05, 0.1) is 18.1 Å². The quantitative estimate of drug-likeness (QED) is 0.896. The van der Waals surface area contributed by atoms with Crippen molar-refractivity contribution in [1.82, 2.24) is 24.6 Å². The van der Waals surface area contributed by atoms with Gasteiger partial charge in [0, 0.05) is 58.6 Å². The second kappa shape index (κ2) is 6.33. The fraction of sp³-hybridized carbons (Fsp3) is 0.625. The van der Waals surface area contributed by atoms with Crippen LogP contribution in [0.1, 0.15) is 29.5 Å². The van der Waals surface area contributed by atoms with Gasteiger partial charge in [-0.15, -0.1) is 0 Å². The monoisotopic (exact) mass is 318 g/mol. The van der Waals surface area contributed by atoms with Crippen LogP contribution < -0.4 is 10.2 Å². The molecule has 0 bridgehead atoms. The summed E-state index contributed by atoms with van der Waals surface area (Å²) in [5, 5.41) is 7.97. The minimum absolute atomic E-state index is 0.0743. The van der Waals surface area contributed by atoms with Crippen molar-refractivity contribution in [2.45, 2.75) is 32.0 Å². The standard InChI is InChI=1S/C16H26N6O/c1-11-13(10-19-22(11)5)15-14(6-7-23-15)17-8-12-9-18-16(20(2)3)21(12)4/h9-10,14-15,17H,6-8H2,1-5H3/t14-,15+/m0/s1. The van der Waals surface area contributed by atoms with Crippen molar-refractivity contribution in [3.05, 3.63) is 29.3 Å². The first-order chi connectivity index (χ1) is 11.0. The normalized spacial score (nSPS) is 21.1. The highest BCUT2D eigenvalue weighted by Crippen LogP contribution is 2.31. The first-order valence-electron chi connectivity index (χ1n) is 8.00. The highest BCUT2D eigenvalue weighted by Gasteiger charge is 2.31. The molecule has 0 unspecified atom stereocenters. The number of anilines is 1. The Morgan fingerprint density at radius 2 is 2.13 bits per heavy atom. The van der Waals surface area contributed by atoms with Crippen LogP contribution in [0.3, 0.4) is 0 Å². The molecule has 2 aromatic rings. The molecular formula is C16H26N6O. The number of nitrogens with zero attached hydrogens (tertiary/aromatic N) is 5. The Morgan fingerprint density at radius 1 is 1.35 bits per heavy atom. The van der Waals surface area contributed by atoms with Crippen molar-refractivity contribution < 1.29 is 4.74 Å². The van der Waals surface area contributed by atoms with Gasteiger partial charge in [0.25, 0.3) is 0 Å². The van der Waals surface area contributed by atoms with Gasteiger partial charge in [-0.2, -0.15) is 5.10 Å². The largest absolute Gasteiger partial charge is 0.372 e. The van der Waals surface area contributed by atoms with Crippen LogP contribution in [0.4, 0.5) is 5.95 Å². The van der Waals surface area contributed by atoms with Crippen molar-refractivity contribution in [1.29, 1.82) is 0 Å². The van der Waals surface area contributed by atoms with Crippen LogP contribution in [0.25, 0.3) is 0 Å². The van der Waals surface area contributed by atoms with E-state index in [0.717, 1.165) is 25.5 Å². The third kappa shape index (κ3) is 2.98.